The highest BCUT2D eigenvalue weighted by atomic mass is 16.4. The fourth-order valence-corrected chi connectivity index (χ4v) is 1.12. The Bertz CT molecular complexity index is 350. The van der Waals surface area contributed by atoms with Gasteiger partial charge in [-0.15, -0.1) is 0 Å². The number of H-pyrrole nitrogens is 1. The van der Waals surface area contributed by atoms with Gasteiger partial charge in [0.15, 0.2) is 0 Å². The summed E-state index contributed by atoms with van der Waals surface area (Å²) in [4.78, 5) is 28.3. The van der Waals surface area contributed by atoms with E-state index in [-0.39, 0.29) is 12.3 Å². The van der Waals surface area contributed by atoms with Gasteiger partial charge in [0.1, 0.15) is 6.04 Å². The highest BCUT2D eigenvalue weighted by Gasteiger charge is 2.15. The fourth-order valence-electron chi connectivity index (χ4n) is 1.12. The maximum absolute atomic E-state index is 11.2. The van der Waals surface area contributed by atoms with Crippen molar-refractivity contribution in [1.29, 1.82) is 0 Å². The van der Waals surface area contributed by atoms with Gasteiger partial charge in [-0.05, 0) is 0 Å². The Morgan fingerprint density at radius 3 is 2.94 bits per heavy atom. The molecule has 0 saturated heterocycles. The molecular formula is C9H14N4O3. The molecule has 0 spiro atoms. The number of hydrogen-bond donors (Lipinski definition) is 4. The van der Waals surface area contributed by atoms with Gasteiger partial charge in [-0.2, -0.15) is 0 Å². The van der Waals surface area contributed by atoms with E-state index in [0.29, 0.717) is 13.0 Å². The minimum Gasteiger partial charge on any atom is -0.480 e. The van der Waals surface area contributed by atoms with Crippen molar-refractivity contribution in [3.8, 4) is 0 Å². The minimum atomic E-state index is -1.18. The number of carbonyl (C=O) groups excluding carboxylic acids is 1. The Morgan fingerprint density at radius 1 is 1.62 bits per heavy atom. The molecule has 1 aromatic rings. The molecule has 0 aliphatic carbocycles. The Morgan fingerprint density at radius 2 is 2.38 bits per heavy atom. The van der Waals surface area contributed by atoms with E-state index in [9.17, 15) is 9.59 Å². The maximum Gasteiger partial charge on any atom is 0.321 e. The first kappa shape index (κ1) is 12.2. The van der Waals surface area contributed by atoms with Gasteiger partial charge in [0.25, 0.3) is 0 Å². The lowest BCUT2D eigenvalue weighted by atomic mass is 10.2. The second-order valence-corrected chi connectivity index (χ2v) is 3.33. The van der Waals surface area contributed by atoms with Crippen molar-refractivity contribution in [3.63, 3.8) is 0 Å². The number of nitrogens with zero attached hydrogens (tertiary/aromatic N) is 1. The highest BCUT2D eigenvalue weighted by molar-refractivity contribution is 5.84. The van der Waals surface area contributed by atoms with Crippen LogP contribution >= 0.6 is 0 Å². The minimum absolute atomic E-state index is 0.210. The van der Waals surface area contributed by atoms with Crippen molar-refractivity contribution in [2.75, 3.05) is 6.54 Å². The van der Waals surface area contributed by atoms with Crippen LogP contribution in [0.25, 0.3) is 0 Å². The van der Waals surface area contributed by atoms with Gasteiger partial charge in [0, 0.05) is 24.9 Å². The summed E-state index contributed by atoms with van der Waals surface area (Å²) in [5, 5.41) is 11.1. The molecule has 5 N–H and O–H groups in total. The van der Waals surface area contributed by atoms with Gasteiger partial charge < -0.3 is 21.1 Å². The summed E-state index contributed by atoms with van der Waals surface area (Å²) in [6.45, 7) is 0.424. The van der Waals surface area contributed by atoms with E-state index < -0.39 is 12.0 Å². The SMILES string of the molecule is NC(CC(=O)NCCc1cnc[nH]1)C(=O)O. The predicted octanol–water partition coefficient (Wildman–Crippen LogP) is -1.13. The zero-order valence-corrected chi connectivity index (χ0v) is 8.64. The van der Waals surface area contributed by atoms with Crippen LogP contribution in [0.4, 0.5) is 0 Å². The maximum atomic E-state index is 11.2. The third-order valence-electron chi connectivity index (χ3n) is 1.99. The van der Waals surface area contributed by atoms with Crippen LogP contribution in [0.3, 0.4) is 0 Å². The molecule has 88 valence electrons. The van der Waals surface area contributed by atoms with E-state index in [4.69, 9.17) is 10.8 Å². The predicted molar refractivity (Wildman–Crippen MR) is 55.5 cm³/mol. The zero-order chi connectivity index (χ0) is 12.0. The number of carboxylic acids is 1. The van der Waals surface area contributed by atoms with Crippen LogP contribution in [-0.4, -0.2) is 39.5 Å². The zero-order valence-electron chi connectivity index (χ0n) is 8.64. The lowest BCUT2D eigenvalue weighted by Gasteiger charge is -2.06. The summed E-state index contributed by atoms with van der Waals surface area (Å²) < 4.78 is 0. The third kappa shape index (κ3) is 4.09. The van der Waals surface area contributed by atoms with Crippen molar-refractivity contribution < 1.29 is 14.7 Å². The second kappa shape index (κ2) is 5.86. The van der Waals surface area contributed by atoms with Crippen LogP contribution in [0.2, 0.25) is 0 Å². The molecule has 1 atom stereocenters. The van der Waals surface area contributed by atoms with Crippen molar-refractivity contribution in [1.82, 2.24) is 15.3 Å². The topological polar surface area (TPSA) is 121 Å². The fraction of sp³-hybridized carbons (Fsp3) is 0.444. The normalized spacial score (nSPS) is 12.1. The summed E-state index contributed by atoms with van der Waals surface area (Å²) >= 11 is 0. The first-order valence-corrected chi connectivity index (χ1v) is 4.82. The first-order valence-electron chi connectivity index (χ1n) is 4.82. The summed E-state index contributed by atoms with van der Waals surface area (Å²) in [5.41, 5.74) is 6.11. The molecule has 0 aliphatic rings. The van der Waals surface area contributed by atoms with E-state index in [1.807, 2.05) is 0 Å². The number of hydrogen-bond acceptors (Lipinski definition) is 4. The number of nitrogens with one attached hydrogen (secondary N) is 2. The number of rotatable bonds is 6. The molecule has 1 unspecified atom stereocenters. The van der Waals surface area contributed by atoms with Gasteiger partial charge in [-0.1, -0.05) is 0 Å². The van der Waals surface area contributed by atoms with Crippen LogP contribution in [0.15, 0.2) is 12.5 Å². The smallest absolute Gasteiger partial charge is 0.321 e. The number of carbonyl (C=O) groups is 2. The molecule has 1 rings (SSSR count). The summed E-state index contributed by atoms with van der Waals surface area (Å²) in [6, 6.07) is -1.15. The Labute approximate surface area is 92.1 Å². The molecule has 0 aliphatic heterocycles. The average molecular weight is 226 g/mol. The standard InChI is InChI=1S/C9H14N4O3/c10-7(9(15)16)3-8(14)12-2-1-6-4-11-5-13-6/h4-5,7H,1-3,10H2,(H,11,13)(H,12,14)(H,15,16). The number of imidazole rings is 1. The van der Waals surface area contributed by atoms with Crippen LogP contribution in [0.1, 0.15) is 12.1 Å². The van der Waals surface area contributed by atoms with Gasteiger partial charge in [-0.25, -0.2) is 4.98 Å². The molecular weight excluding hydrogens is 212 g/mol. The molecule has 0 fully saturated rings. The van der Waals surface area contributed by atoms with E-state index in [0.717, 1.165) is 5.69 Å². The van der Waals surface area contributed by atoms with Gasteiger partial charge >= 0.3 is 5.97 Å². The number of carboxylic acid groups (broad SMARTS) is 1. The molecule has 0 aromatic carbocycles. The lowest BCUT2D eigenvalue weighted by Crippen LogP contribution is -2.37. The van der Waals surface area contributed by atoms with Gasteiger partial charge in [0.05, 0.1) is 12.7 Å². The Kier molecular flexibility index (Phi) is 4.46. The Hall–Kier alpha value is -1.89. The molecule has 7 nitrogen and oxygen atoms in total. The quantitative estimate of drug-likeness (QED) is 0.489. The average Bonchev–Trinajstić information content (AvgIpc) is 2.70. The molecule has 7 heteroatoms. The third-order valence-corrected chi connectivity index (χ3v) is 1.99. The lowest BCUT2D eigenvalue weighted by molar-refractivity contribution is -0.140. The number of aromatic nitrogens is 2. The van der Waals surface area contributed by atoms with Crippen molar-refractivity contribution in [2.45, 2.75) is 18.9 Å². The van der Waals surface area contributed by atoms with E-state index in [1.165, 1.54) is 0 Å². The van der Waals surface area contributed by atoms with E-state index in [1.54, 1.807) is 12.5 Å². The van der Waals surface area contributed by atoms with E-state index >= 15 is 0 Å². The van der Waals surface area contributed by atoms with Crippen LogP contribution in [0.5, 0.6) is 0 Å². The number of aromatic amines is 1. The van der Waals surface area contributed by atoms with Crippen molar-refractivity contribution in [3.05, 3.63) is 18.2 Å². The summed E-state index contributed by atoms with van der Waals surface area (Å²) in [7, 11) is 0. The second-order valence-electron chi connectivity index (χ2n) is 3.33. The molecule has 1 heterocycles. The van der Waals surface area contributed by atoms with Crippen LogP contribution in [0, 0.1) is 0 Å². The molecule has 1 aromatic heterocycles. The van der Waals surface area contributed by atoms with Crippen LogP contribution in [-0.2, 0) is 16.0 Å². The number of nitrogens with two attached hydrogens (primary N) is 1. The van der Waals surface area contributed by atoms with E-state index in [2.05, 4.69) is 15.3 Å². The molecule has 0 bridgehead atoms. The molecule has 0 saturated carbocycles. The number of aliphatic carboxylic acids is 1. The molecule has 1 amide bonds. The van der Waals surface area contributed by atoms with Gasteiger partial charge in [-0.3, -0.25) is 9.59 Å². The molecule has 0 radical (unpaired) electrons. The summed E-state index contributed by atoms with van der Waals surface area (Å²) in [6.07, 6.45) is 3.62. The summed E-state index contributed by atoms with van der Waals surface area (Å²) in [5.74, 6) is -1.54. The Balaban J connectivity index is 2.18. The first-order chi connectivity index (χ1) is 7.59. The number of amides is 1. The van der Waals surface area contributed by atoms with Crippen molar-refractivity contribution in [2.24, 2.45) is 5.73 Å². The highest BCUT2D eigenvalue weighted by Crippen LogP contribution is 1.92. The van der Waals surface area contributed by atoms with Crippen molar-refractivity contribution >= 4 is 11.9 Å². The van der Waals surface area contributed by atoms with Gasteiger partial charge in [0.2, 0.25) is 5.91 Å². The largest absolute Gasteiger partial charge is 0.480 e. The monoisotopic (exact) mass is 226 g/mol. The molecule has 16 heavy (non-hydrogen) atoms. The van der Waals surface area contributed by atoms with Crippen LogP contribution < -0.4 is 11.1 Å².